The van der Waals surface area contributed by atoms with E-state index in [0.29, 0.717) is 23.6 Å². The third kappa shape index (κ3) is 3.91. The first kappa shape index (κ1) is 15.4. The van der Waals surface area contributed by atoms with Gasteiger partial charge in [0.25, 0.3) is 5.91 Å². The Hall–Kier alpha value is -1.64. The van der Waals surface area contributed by atoms with Crippen molar-refractivity contribution < 1.29 is 9.53 Å². The number of nitrogens with zero attached hydrogens (tertiary/aromatic N) is 1. The fourth-order valence-electron chi connectivity index (χ4n) is 1.47. The van der Waals surface area contributed by atoms with Crippen molar-refractivity contribution in [2.75, 3.05) is 11.9 Å². The van der Waals surface area contributed by atoms with E-state index < -0.39 is 6.10 Å². The number of ether oxygens (including phenoxy) is 1. The van der Waals surface area contributed by atoms with Crippen LogP contribution in [-0.2, 0) is 9.53 Å². The molecule has 0 aliphatic rings. The van der Waals surface area contributed by atoms with Crippen molar-refractivity contribution in [3.05, 3.63) is 28.7 Å². The zero-order valence-corrected chi connectivity index (χ0v) is 12.3. The lowest BCUT2D eigenvalue weighted by Gasteiger charge is -2.12. The topological polar surface area (TPSA) is 62.1 Å². The molecule has 1 amide bonds. The minimum Gasteiger partial charge on any atom is -0.368 e. The molecular weight excluding hydrogens is 260 g/mol. The first-order chi connectivity index (χ1) is 9.01. The van der Waals surface area contributed by atoms with Crippen LogP contribution in [0.15, 0.2) is 12.7 Å². The Bertz CT molecular complexity index is 514. The van der Waals surface area contributed by atoms with E-state index in [2.05, 4.69) is 18.0 Å². The highest BCUT2D eigenvalue weighted by Crippen LogP contribution is 2.31. The summed E-state index contributed by atoms with van der Waals surface area (Å²) in [5, 5.41) is 12.5. The summed E-state index contributed by atoms with van der Waals surface area (Å²) in [6, 6.07) is 2.12. The van der Waals surface area contributed by atoms with E-state index in [-0.39, 0.29) is 5.91 Å². The molecule has 1 aromatic rings. The van der Waals surface area contributed by atoms with Gasteiger partial charge in [0.15, 0.2) is 0 Å². The summed E-state index contributed by atoms with van der Waals surface area (Å²) in [5.74, 6) is -0.234. The number of carbonyl (C=O) groups excluding carboxylic acids is 1. The molecule has 1 unspecified atom stereocenters. The zero-order valence-electron chi connectivity index (χ0n) is 11.4. The Labute approximate surface area is 117 Å². The molecule has 19 heavy (non-hydrogen) atoms. The number of hydrogen-bond acceptors (Lipinski definition) is 4. The molecule has 0 bridgehead atoms. The Morgan fingerprint density at radius 3 is 2.89 bits per heavy atom. The fraction of sp³-hybridized carbons (Fsp3) is 0.429. The van der Waals surface area contributed by atoms with E-state index in [0.717, 1.165) is 10.4 Å². The van der Waals surface area contributed by atoms with Gasteiger partial charge in [-0.2, -0.15) is 5.26 Å². The van der Waals surface area contributed by atoms with E-state index in [1.807, 2.05) is 13.8 Å². The van der Waals surface area contributed by atoms with E-state index in [4.69, 9.17) is 10.00 Å². The molecule has 1 heterocycles. The van der Waals surface area contributed by atoms with Crippen molar-refractivity contribution in [2.24, 2.45) is 0 Å². The second kappa shape index (κ2) is 7.07. The van der Waals surface area contributed by atoms with Gasteiger partial charge in [0.1, 0.15) is 17.2 Å². The van der Waals surface area contributed by atoms with Crippen LogP contribution in [-0.4, -0.2) is 18.6 Å². The van der Waals surface area contributed by atoms with Crippen molar-refractivity contribution >= 4 is 22.2 Å². The summed E-state index contributed by atoms with van der Waals surface area (Å²) in [4.78, 5) is 13.0. The molecule has 0 fully saturated rings. The number of hydrogen-bond donors (Lipinski definition) is 1. The quantitative estimate of drug-likeness (QED) is 0.642. The van der Waals surface area contributed by atoms with Gasteiger partial charge in [0.05, 0.1) is 12.2 Å². The lowest BCUT2D eigenvalue weighted by Crippen LogP contribution is -2.27. The van der Waals surface area contributed by atoms with Crippen LogP contribution < -0.4 is 5.32 Å². The molecule has 0 aliphatic heterocycles. The normalized spacial score (nSPS) is 11.7. The summed E-state index contributed by atoms with van der Waals surface area (Å²) in [7, 11) is 0. The zero-order chi connectivity index (χ0) is 14.4. The maximum atomic E-state index is 11.9. The molecule has 1 N–H and O–H groups in total. The first-order valence-electron chi connectivity index (χ1n) is 6.04. The predicted octanol–water partition coefficient (Wildman–Crippen LogP) is 3.16. The number of amides is 1. The molecule has 5 heteroatoms. The van der Waals surface area contributed by atoms with Crippen LogP contribution in [0.5, 0.6) is 0 Å². The summed E-state index contributed by atoms with van der Waals surface area (Å²) in [5.41, 5.74) is 1.46. The van der Waals surface area contributed by atoms with E-state index >= 15 is 0 Å². The van der Waals surface area contributed by atoms with Crippen LogP contribution in [0.3, 0.4) is 0 Å². The Morgan fingerprint density at radius 1 is 1.63 bits per heavy atom. The standard InChI is InChI=1S/C14H18N2O2S/c1-5-6-7-18-10(3)13(17)16-14-12(8-15)9(2)11(4)19-14/h5,10H,1,6-7H2,2-4H3,(H,16,17). The average molecular weight is 278 g/mol. The second-order valence-electron chi connectivity index (χ2n) is 4.18. The van der Waals surface area contributed by atoms with Gasteiger partial charge in [-0.1, -0.05) is 6.08 Å². The van der Waals surface area contributed by atoms with Crippen LogP contribution in [0.2, 0.25) is 0 Å². The maximum absolute atomic E-state index is 11.9. The molecule has 102 valence electrons. The minimum atomic E-state index is -0.547. The molecule has 1 aromatic heterocycles. The van der Waals surface area contributed by atoms with Gasteiger partial charge < -0.3 is 10.1 Å². The van der Waals surface area contributed by atoms with E-state index in [9.17, 15) is 4.79 Å². The van der Waals surface area contributed by atoms with Crippen LogP contribution in [0.4, 0.5) is 5.00 Å². The Kier molecular flexibility index (Phi) is 5.74. The number of nitriles is 1. The molecule has 0 radical (unpaired) electrons. The molecule has 1 rings (SSSR count). The lowest BCUT2D eigenvalue weighted by molar-refractivity contribution is -0.126. The van der Waals surface area contributed by atoms with Gasteiger partial charge in [0, 0.05) is 4.88 Å². The van der Waals surface area contributed by atoms with Crippen molar-refractivity contribution in [1.29, 1.82) is 5.26 Å². The van der Waals surface area contributed by atoms with E-state index in [1.165, 1.54) is 11.3 Å². The van der Waals surface area contributed by atoms with Crippen LogP contribution in [0.25, 0.3) is 0 Å². The summed E-state index contributed by atoms with van der Waals surface area (Å²) in [6.45, 7) is 9.56. The number of rotatable bonds is 6. The smallest absolute Gasteiger partial charge is 0.253 e. The second-order valence-corrected chi connectivity index (χ2v) is 5.40. The van der Waals surface area contributed by atoms with Crippen molar-refractivity contribution in [1.82, 2.24) is 0 Å². The van der Waals surface area contributed by atoms with Gasteiger partial charge >= 0.3 is 0 Å². The van der Waals surface area contributed by atoms with Crippen molar-refractivity contribution in [2.45, 2.75) is 33.3 Å². The van der Waals surface area contributed by atoms with Crippen LogP contribution >= 0.6 is 11.3 Å². The number of nitrogens with one attached hydrogen (secondary N) is 1. The van der Waals surface area contributed by atoms with Crippen LogP contribution in [0.1, 0.15) is 29.3 Å². The molecule has 0 saturated carbocycles. The Balaban J connectivity index is 2.69. The Morgan fingerprint density at radius 2 is 2.32 bits per heavy atom. The number of aryl methyl sites for hydroxylation is 1. The maximum Gasteiger partial charge on any atom is 0.253 e. The largest absolute Gasteiger partial charge is 0.368 e. The molecule has 0 spiro atoms. The molecule has 0 aliphatic carbocycles. The van der Waals surface area contributed by atoms with Gasteiger partial charge in [-0.05, 0) is 32.8 Å². The molecular formula is C14H18N2O2S. The summed E-state index contributed by atoms with van der Waals surface area (Å²) < 4.78 is 5.37. The van der Waals surface area contributed by atoms with Gasteiger partial charge in [-0.3, -0.25) is 4.79 Å². The van der Waals surface area contributed by atoms with E-state index in [1.54, 1.807) is 13.0 Å². The van der Waals surface area contributed by atoms with Gasteiger partial charge in [-0.25, -0.2) is 0 Å². The number of anilines is 1. The minimum absolute atomic E-state index is 0.234. The summed E-state index contributed by atoms with van der Waals surface area (Å²) >= 11 is 1.41. The average Bonchev–Trinajstić information content (AvgIpc) is 2.64. The van der Waals surface area contributed by atoms with Crippen LogP contribution in [0, 0.1) is 25.2 Å². The lowest BCUT2D eigenvalue weighted by atomic mass is 10.2. The number of carbonyl (C=O) groups is 1. The molecule has 4 nitrogen and oxygen atoms in total. The molecule has 1 atom stereocenters. The number of thiophene rings is 1. The summed E-state index contributed by atoms with van der Waals surface area (Å²) in [6.07, 6.45) is 1.90. The highest BCUT2D eigenvalue weighted by Gasteiger charge is 2.18. The van der Waals surface area contributed by atoms with Gasteiger partial charge in [-0.15, -0.1) is 17.9 Å². The van der Waals surface area contributed by atoms with Crippen molar-refractivity contribution in [3.63, 3.8) is 0 Å². The predicted molar refractivity (Wildman–Crippen MR) is 77.4 cm³/mol. The third-order valence-corrected chi connectivity index (χ3v) is 3.92. The highest BCUT2D eigenvalue weighted by atomic mass is 32.1. The third-order valence-electron chi connectivity index (χ3n) is 2.79. The van der Waals surface area contributed by atoms with Gasteiger partial charge in [0.2, 0.25) is 0 Å². The SMILES string of the molecule is C=CCCOC(C)C(=O)Nc1sc(C)c(C)c1C#N. The van der Waals surface area contributed by atoms with Crippen molar-refractivity contribution in [3.8, 4) is 6.07 Å². The molecule has 0 aromatic carbocycles. The fourth-order valence-corrected chi connectivity index (χ4v) is 2.48. The molecule has 0 saturated heterocycles. The highest BCUT2D eigenvalue weighted by molar-refractivity contribution is 7.16. The monoisotopic (exact) mass is 278 g/mol. The first-order valence-corrected chi connectivity index (χ1v) is 6.86.